The van der Waals surface area contributed by atoms with Gasteiger partial charge in [0, 0.05) is 33.3 Å². The summed E-state index contributed by atoms with van der Waals surface area (Å²) in [7, 11) is 0. The molecule has 2 aromatic carbocycles. The van der Waals surface area contributed by atoms with Gasteiger partial charge in [-0.1, -0.05) is 11.6 Å². The largest absolute Gasteiger partial charge is 0.493 e. The lowest BCUT2D eigenvalue weighted by Crippen LogP contribution is -2.05. The number of halogens is 2. The Morgan fingerprint density at radius 3 is 2.71 bits per heavy atom. The molecular weight excluding hydrogens is 309 g/mol. The van der Waals surface area contributed by atoms with E-state index in [2.05, 4.69) is 4.98 Å². The maximum atomic E-state index is 12.5. The average molecular weight is 322 g/mol. The molecule has 1 aromatic heterocycles. The zero-order valence-electron chi connectivity index (χ0n) is 11.2. The minimum Gasteiger partial charge on any atom is -0.493 e. The van der Waals surface area contributed by atoms with E-state index in [0.717, 1.165) is 23.2 Å². The lowest BCUT2D eigenvalue weighted by atomic mass is 10.1. The number of hydrogen-bond donors (Lipinski definition) is 1. The van der Waals surface area contributed by atoms with E-state index in [9.17, 15) is 4.79 Å². The first-order valence-electron chi connectivity index (χ1n) is 6.63. The van der Waals surface area contributed by atoms with Gasteiger partial charge in [-0.3, -0.25) is 4.79 Å². The molecule has 0 fully saturated rings. The first-order chi connectivity index (χ1) is 10.2. The van der Waals surface area contributed by atoms with E-state index < -0.39 is 0 Å². The number of benzene rings is 2. The highest BCUT2D eigenvalue weighted by Crippen LogP contribution is 2.22. The Balaban J connectivity index is 2.11. The lowest BCUT2D eigenvalue weighted by Gasteiger charge is -2.07. The van der Waals surface area contributed by atoms with Crippen molar-refractivity contribution in [3.8, 4) is 5.75 Å². The van der Waals surface area contributed by atoms with Gasteiger partial charge in [0.2, 0.25) is 0 Å². The average Bonchev–Trinajstić information content (AvgIpc) is 2.48. The molecule has 1 heterocycles. The van der Waals surface area contributed by atoms with Crippen molar-refractivity contribution in [2.24, 2.45) is 0 Å². The van der Waals surface area contributed by atoms with E-state index in [1.54, 1.807) is 30.3 Å². The Kier molecular flexibility index (Phi) is 4.04. The van der Waals surface area contributed by atoms with E-state index in [1.165, 1.54) is 0 Å². The Labute approximate surface area is 131 Å². The van der Waals surface area contributed by atoms with Crippen LogP contribution in [0.25, 0.3) is 21.8 Å². The van der Waals surface area contributed by atoms with E-state index in [1.807, 2.05) is 6.07 Å². The topological polar surface area (TPSA) is 42.1 Å². The van der Waals surface area contributed by atoms with Crippen molar-refractivity contribution in [1.82, 2.24) is 4.98 Å². The monoisotopic (exact) mass is 321 g/mol. The first kappa shape index (κ1) is 14.2. The summed E-state index contributed by atoms with van der Waals surface area (Å²) >= 11 is 11.6. The second-order valence-corrected chi connectivity index (χ2v) is 5.56. The van der Waals surface area contributed by atoms with Gasteiger partial charge in [0.05, 0.1) is 12.1 Å². The Bertz CT molecular complexity index is 858. The van der Waals surface area contributed by atoms with Crippen molar-refractivity contribution in [3.63, 3.8) is 0 Å². The second kappa shape index (κ2) is 5.96. The van der Waals surface area contributed by atoms with Crippen LogP contribution in [0, 0.1) is 0 Å². The van der Waals surface area contributed by atoms with Crippen LogP contribution in [-0.2, 0) is 0 Å². The Hall–Kier alpha value is -1.71. The van der Waals surface area contributed by atoms with Crippen LogP contribution in [0.2, 0.25) is 5.02 Å². The number of hydrogen-bond acceptors (Lipinski definition) is 2. The maximum absolute atomic E-state index is 12.5. The molecule has 108 valence electrons. The number of aromatic nitrogens is 1. The quantitative estimate of drug-likeness (QED) is 0.441. The summed E-state index contributed by atoms with van der Waals surface area (Å²) in [5.74, 6) is 1.28. The van der Waals surface area contributed by atoms with Crippen LogP contribution >= 0.6 is 23.2 Å². The van der Waals surface area contributed by atoms with Crippen LogP contribution in [0.4, 0.5) is 0 Å². The first-order valence-corrected chi connectivity index (χ1v) is 7.54. The fraction of sp³-hybridized carbons (Fsp3) is 0.188. The SMILES string of the molecule is O=c1c2ccc(OCCCCl)cc2[nH]c2ccc(Cl)cc12. The maximum Gasteiger partial charge on any atom is 0.197 e. The summed E-state index contributed by atoms with van der Waals surface area (Å²) in [6, 6.07) is 10.6. The van der Waals surface area contributed by atoms with E-state index >= 15 is 0 Å². The standard InChI is InChI=1S/C16H13Cl2NO2/c17-6-1-7-21-11-3-4-12-15(9-11)19-14-5-2-10(18)8-13(14)16(12)20/h2-5,8-9H,1,6-7H2,(H,19,20). The second-order valence-electron chi connectivity index (χ2n) is 4.74. The van der Waals surface area contributed by atoms with Gasteiger partial charge >= 0.3 is 0 Å². The minimum atomic E-state index is -0.0337. The predicted octanol–water partition coefficient (Wildman–Crippen LogP) is 4.34. The van der Waals surface area contributed by atoms with Crippen molar-refractivity contribution in [2.75, 3.05) is 12.5 Å². The van der Waals surface area contributed by atoms with Crippen molar-refractivity contribution >= 4 is 45.0 Å². The van der Waals surface area contributed by atoms with Crippen LogP contribution in [0.5, 0.6) is 5.75 Å². The van der Waals surface area contributed by atoms with Crippen LogP contribution < -0.4 is 10.2 Å². The molecule has 0 atom stereocenters. The third-order valence-electron chi connectivity index (χ3n) is 3.28. The summed E-state index contributed by atoms with van der Waals surface area (Å²) < 4.78 is 5.60. The molecule has 0 aliphatic heterocycles. The number of H-pyrrole nitrogens is 1. The van der Waals surface area contributed by atoms with Crippen LogP contribution in [0.15, 0.2) is 41.2 Å². The molecule has 0 unspecified atom stereocenters. The normalized spacial score (nSPS) is 11.1. The zero-order valence-corrected chi connectivity index (χ0v) is 12.7. The number of aromatic amines is 1. The van der Waals surface area contributed by atoms with Crippen LogP contribution in [0.1, 0.15) is 6.42 Å². The van der Waals surface area contributed by atoms with E-state index in [0.29, 0.717) is 28.3 Å². The fourth-order valence-electron chi connectivity index (χ4n) is 2.26. The van der Waals surface area contributed by atoms with Gasteiger partial charge in [-0.25, -0.2) is 0 Å². The fourth-order valence-corrected chi connectivity index (χ4v) is 2.54. The highest BCUT2D eigenvalue weighted by molar-refractivity contribution is 6.31. The zero-order chi connectivity index (χ0) is 14.8. The summed E-state index contributed by atoms with van der Waals surface area (Å²) in [6.07, 6.45) is 0.784. The van der Waals surface area contributed by atoms with Crippen LogP contribution in [-0.4, -0.2) is 17.5 Å². The minimum absolute atomic E-state index is 0.0337. The number of pyridine rings is 1. The molecule has 3 nitrogen and oxygen atoms in total. The molecule has 1 N–H and O–H groups in total. The molecule has 3 aromatic rings. The molecule has 0 aliphatic carbocycles. The number of rotatable bonds is 4. The Morgan fingerprint density at radius 2 is 1.90 bits per heavy atom. The predicted molar refractivity (Wildman–Crippen MR) is 87.9 cm³/mol. The van der Waals surface area contributed by atoms with Gasteiger partial charge in [0.15, 0.2) is 5.43 Å². The van der Waals surface area contributed by atoms with E-state index in [4.69, 9.17) is 27.9 Å². The van der Waals surface area contributed by atoms with Crippen LogP contribution in [0.3, 0.4) is 0 Å². The molecule has 0 amide bonds. The molecule has 0 saturated heterocycles. The molecule has 21 heavy (non-hydrogen) atoms. The Morgan fingerprint density at radius 1 is 1.05 bits per heavy atom. The number of fused-ring (bicyclic) bond motifs is 2. The van der Waals surface area contributed by atoms with Crippen molar-refractivity contribution in [2.45, 2.75) is 6.42 Å². The molecule has 0 aliphatic rings. The molecule has 0 radical (unpaired) electrons. The van der Waals surface area contributed by atoms with Gasteiger partial charge in [0.25, 0.3) is 0 Å². The molecule has 3 rings (SSSR count). The lowest BCUT2D eigenvalue weighted by molar-refractivity contribution is 0.318. The van der Waals surface area contributed by atoms with Crippen molar-refractivity contribution in [1.29, 1.82) is 0 Å². The third-order valence-corrected chi connectivity index (χ3v) is 3.78. The third kappa shape index (κ3) is 2.85. The summed E-state index contributed by atoms with van der Waals surface area (Å²) in [5.41, 5.74) is 1.47. The van der Waals surface area contributed by atoms with Gasteiger partial charge < -0.3 is 9.72 Å². The summed E-state index contributed by atoms with van der Waals surface area (Å²) in [6.45, 7) is 0.558. The van der Waals surface area contributed by atoms with Gasteiger partial charge in [-0.15, -0.1) is 11.6 Å². The summed E-state index contributed by atoms with van der Waals surface area (Å²) in [5, 5.41) is 1.76. The molecule has 5 heteroatoms. The molecule has 0 spiro atoms. The van der Waals surface area contributed by atoms with Crippen molar-refractivity contribution in [3.05, 3.63) is 51.6 Å². The van der Waals surface area contributed by atoms with Gasteiger partial charge in [-0.05, 0) is 36.8 Å². The van der Waals surface area contributed by atoms with E-state index in [-0.39, 0.29) is 5.43 Å². The van der Waals surface area contributed by atoms with Gasteiger partial charge in [-0.2, -0.15) is 0 Å². The molecule has 0 bridgehead atoms. The number of alkyl halides is 1. The highest BCUT2D eigenvalue weighted by Gasteiger charge is 2.07. The summed E-state index contributed by atoms with van der Waals surface area (Å²) in [4.78, 5) is 15.7. The molecular formula is C16H13Cl2NO2. The molecule has 0 saturated carbocycles. The van der Waals surface area contributed by atoms with Gasteiger partial charge in [0.1, 0.15) is 5.75 Å². The number of nitrogens with one attached hydrogen (secondary N) is 1. The smallest absolute Gasteiger partial charge is 0.197 e. The van der Waals surface area contributed by atoms with Crippen molar-refractivity contribution < 1.29 is 4.74 Å². The highest BCUT2D eigenvalue weighted by atomic mass is 35.5. The number of ether oxygens (including phenoxy) is 1.